The van der Waals surface area contributed by atoms with Gasteiger partial charge in [-0.1, -0.05) is 61.5 Å². The molecule has 0 saturated heterocycles. The number of hydrogen-bond donors (Lipinski definition) is 2. The van der Waals surface area contributed by atoms with Gasteiger partial charge in [-0.2, -0.15) is 0 Å². The predicted molar refractivity (Wildman–Crippen MR) is 153 cm³/mol. The molecule has 3 aromatic carbocycles. The zero-order valence-electron chi connectivity index (χ0n) is 23.1. The highest BCUT2D eigenvalue weighted by molar-refractivity contribution is 7.89. The lowest BCUT2D eigenvalue weighted by Crippen LogP contribution is -2.44. The molecular formula is C30H37N3O6S. The summed E-state index contributed by atoms with van der Waals surface area (Å²) in [7, 11) is -0.416. The largest absolute Gasteiger partial charge is 0.497 e. The second-order valence-corrected chi connectivity index (χ2v) is 10.9. The Morgan fingerprint density at radius 2 is 1.55 bits per heavy atom. The molecule has 0 radical (unpaired) electrons. The van der Waals surface area contributed by atoms with E-state index in [4.69, 9.17) is 9.47 Å². The van der Waals surface area contributed by atoms with E-state index in [1.54, 1.807) is 38.2 Å². The van der Waals surface area contributed by atoms with Gasteiger partial charge in [0.25, 0.3) is 0 Å². The molecule has 0 aliphatic heterocycles. The first kappa shape index (κ1) is 30.8. The number of amides is 2. The molecule has 214 valence electrons. The average Bonchev–Trinajstić information content (AvgIpc) is 2.97. The van der Waals surface area contributed by atoms with Crippen LogP contribution in [0.5, 0.6) is 5.75 Å². The molecule has 0 unspecified atom stereocenters. The Bertz CT molecular complexity index is 1330. The monoisotopic (exact) mass is 567 g/mol. The molecule has 0 aromatic heterocycles. The number of aryl methyl sites for hydroxylation is 1. The molecule has 10 heteroatoms. The van der Waals surface area contributed by atoms with Crippen LogP contribution in [0.3, 0.4) is 0 Å². The van der Waals surface area contributed by atoms with Gasteiger partial charge in [0, 0.05) is 33.2 Å². The molecule has 2 N–H and O–H groups in total. The van der Waals surface area contributed by atoms with Crippen LogP contribution < -0.4 is 14.8 Å². The van der Waals surface area contributed by atoms with Crippen molar-refractivity contribution in [3.05, 3.63) is 95.6 Å². The van der Waals surface area contributed by atoms with Crippen molar-refractivity contribution in [1.29, 1.82) is 0 Å². The molecule has 0 bridgehead atoms. The number of benzene rings is 3. The Balaban J connectivity index is 1.88. The summed E-state index contributed by atoms with van der Waals surface area (Å²) in [6.45, 7) is 2.88. The molecule has 0 aliphatic rings. The minimum absolute atomic E-state index is 0.129. The number of carbonyl (C=O) groups is 2. The first-order valence-corrected chi connectivity index (χ1v) is 14.6. The second kappa shape index (κ2) is 15.2. The lowest BCUT2D eigenvalue weighted by Gasteiger charge is -2.32. The number of rotatable bonds is 15. The third-order valence-corrected chi connectivity index (χ3v) is 7.87. The SMILES string of the molecule is CCNS(=O)(=O)c1ccc(CCC(=O)N(Cc2ccc(OC)cc2)[C@@H](C(=O)NCCOC)c2ccccc2)cc1. The molecule has 0 aliphatic carbocycles. The Labute approximate surface area is 236 Å². The number of carbonyl (C=O) groups excluding carboxylic acids is 2. The zero-order chi connectivity index (χ0) is 29.0. The van der Waals surface area contributed by atoms with Gasteiger partial charge in [0.1, 0.15) is 11.8 Å². The van der Waals surface area contributed by atoms with Gasteiger partial charge in [0.2, 0.25) is 21.8 Å². The fourth-order valence-corrected chi connectivity index (χ4v) is 5.28. The molecule has 0 spiro atoms. The summed E-state index contributed by atoms with van der Waals surface area (Å²) in [6, 6.07) is 22.2. The van der Waals surface area contributed by atoms with Gasteiger partial charge in [-0.25, -0.2) is 13.1 Å². The molecule has 0 heterocycles. The number of sulfonamides is 1. The second-order valence-electron chi connectivity index (χ2n) is 9.11. The minimum Gasteiger partial charge on any atom is -0.497 e. The number of nitrogens with zero attached hydrogens (tertiary/aromatic N) is 1. The average molecular weight is 568 g/mol. The van der Waals surface area contributed by atoms with E-state index in [9.17, 15) is 18.0 Å². The number of hydrogen-bond acceptors (Lipinski definition) is 6. The standard InChI is InChI=1S/C30H37N3O6S/c1-4-32-40(36,37)27-17-12-23(13-18-27)14-19-28(34)33(22-24-10-15-26(39-3)16-11-24)29(25-8-6-5-7-9-25)30(35)31-20-21-38-2/h5-13,15-18,29,32H,4,14,19-22H2,1-3H3,(H,31,35)/t29-/m1/s1. The van der Waals surface area contributed by atoms with Crippen molar-refractivity contribution in [2.45, 2.75) is 37.2 Å². The molecule has 2 amide bonds. The van der Waals surface area contributed by atoms with Crippen molar-refractivity contribution in [2.24, 2.45) is 0 Å². The van der Waals surface area contributed by atoms with Crippen molar-refractivity contribution in [1.82, 2.24) is 14.9 Å². The maximum atomic E-state index is 13.8. The van der Waals surface area contributed by atoms with E-state index >= 15 is 0 Å². The minimum atomic E-state index is -3.56. The van der Waals surface area contributed by atoms with Crippen LogP contribution in [-0.2, 0) is 37.3 Å². The van der Waals surface area contributed by atoms with Crippen LogP contribution in [0.2, 0.25) is 0 Å². The van der Waals surface area contributed by atoms with Gasteiger partial charge in [-0.3, -0.25) is 9.59 Å². The Morgan fingerprint density at radius 1 is 0.900 bits per heavy atom. The highest BCUT2D eigenvalue weighted by Crippen LogP contribution is 2.26. The smallest absolute Gasteiger partial charge is 0.247 e. The van der Waals surface area contributed by atoms with E-state index in [2.05, 4.69) is 10.0 Å². The fourth-order valence-electron chi connectivity index (χ4n) is 4.24. The maximum Gasteiger partial charge on any atom is 0.247 e. The Hall–Kier alpha value is -3.73. The Morgan fingerprint density at radius 3 is 2.15 bits per heavy atom. The highest BCUT2D eigenvalue weighted by atomic mass is 32.2. The lowest BCUT2D eigenvalue weighted by atomic mass is 10.0. The summed E-state index contributed by atoms with van der Waals surface area (Å²) in [5.41, 5.74) is 2.35. The quantitative estimate of drug-likeness (QED) is 0.272. The van der Waals surface area contributed by atoms with Gasteiger partial charge >= 0.3 is 0 Å². The van der Waals surface area contributed by atoms with Crippen molar-refractivity contribution in [3.63, 3.8) is 0 Å². The van der Waals surface area contributed by atoms with Crippen LogP contribution in [-0.4, -0.2) is 59.0 Å². The van der Waals surface area contributed by atoms with Crippen LogP contribution in [0.25, 0.3) is 0 Å². The van der Waals surface area contributed by atoms with Crippen molar-refractivity contribution in [2.75, 3.05) is 33.9 Å². The summed E-state index contributed by atoms with van der Waals surface area (Å²) in [6.07, 6.45) is 0.510. The number of methoxy groups -OCH3 is 2. The summed E-state index contributed by atoms with van der Waals surface area (Å²) >= 11 is 0. The molecule has 3 aromatic rings. The molecular weight excluding hydrogens is 530 g/mol. The van der Waals surface area contributed by atoms with E-state index in [0.717, 1.165) is 11.1 Å². The van der Waals surface area contributed by atoms with E-state index < -0.39 is 16.1 Å². The van der Waals surface area contributed by atoms with Gasteiger partial charge < -0.3 is 19.7 Å². The van der Waals surface area contributed by atoms with E-state index in [1.807, 2.05) is 54.6 Å². The Kier molecular flexibility index (Phi) is 11.7. The summed E-state index contributed by atoms with van der Waals surface area (Å²) in [5, 5.41) is 2.89. The summed E-state index contributed by atoms with van der Waals surface area (Å²) in [4.78, 5) is 29.0. The van der Waals surface area contributed by atoms with E-state index in [1.165, 1.54) is 12.1 Å². The topological polar surface area (TPSA) is 114 Å². The number of ether oxygens (including phenoxy) is 2. The normalized spacial score (nSPS) is 12.0. The molecule has 9 nitrogen and oxygen atoms in total. The molecule has 3 rings (SSSR count). The lowest BCUT2D eigenvalue weighted by molar-refractivity contribution is -0.141. The first-order chi connectivity index (χ1) is 19.3. The first-order valence-electron chi connectivity index (χ1n) is 13.1. The van der Waals surface area contributed by atoms with Gasteiger partial charge in [0.15, 0.2) is 0 Å². The van der Waals surface area contributed by atoms with E-state index in [-0.39, 0.29) is 29.7 Å². The van der Waals surface area contributed by atoms with Crippen LogP contribution in [0, 0.1) is 0 Å². The van der Waals surface area contributed by atoms with Crippen LogP contribution in [0.1, 0.15) is 36.1 Å². The van der Waals surface area contributed by atoms with Gasteiger partial charge in [-0.15, -0.1) is 0 Å². The van der Waals surface area contributed by atoms with Crippen molar-refractivity contribution in [3.8, 4) is 5.75 Å². The van der Waals surface area contributed by atoms with Crippen molar-refractivity contribution >= 4 is 21.8 Å². The zero-order valence-corrected chi connectivity index (χ0v) is 23.9. The third-order valence-electron chi connectivity index (χ3n) is 6.31. The molecule has 40 heavy (non-hydrogen) atoms. The number of nitrogens with one attached hydrogen (secondary N) is 2. The van der Waals surface area contributed by atoms with Crippen LogP contribution in [0.15, 0.2) is 83.8 Å². The molecule has 1 atom stereocenters. The molecule has 0 fully saturated rings. The highest BCUT2D eigenvalue weighted by Gasteiger charge is 2.31. The summed E-state index contributed by atoms with van der Waals surface area (Å²) < 4.78 is 37.3. The van der Waals surface area contributed by atoms with E-state index in [0.29, 0.717) is 37.4 Å². The van der Waals surface area contributed by atoms with Crippen LogP contribution >= 0.6 is 0 Å². The fraction of sp³-hybridized carbons (Fsp3) is 0.333. The van der Waals surface area contributed by atoms with Crippen LogP contribution in [0.4, 0.5) is 0 Å². The van der Waals surface area contributed by atoms with Crippen molar-refractivity contribution < 1.29 is 27.5 Å². The third kappa shape index (κ3) is 8.64. The molecule has 0 saturated carbocycles. The summed E-state index contributed by atoms with van der Waals surface area (Å²) in [5.74, 6) is 0.178. The predicted octanol–water partition coefficient (Wildman–Crippen LogP) is 3.46. The maximum absolute atomic E-state index is 13.8. The van der Waals surface area contributed by atoms with Gasteiger partial charge in [-0.05, 0) is 47.4 Å². The van der Waals surface area contributed by atoms with Gasteiger partial charge in [0.05, 0.1) is 18.6 Å².